The van der Waals surface area contributed by atoms with E-state index in [2.05, 4.69) is 0 Å². The number of hydrogen-bond acceptors (Lipinski definition) is 4. The van der Waals surface area contributed by atoms with E-state index in [0.717, 1.165) is 6.42 Å². The van der Waals surface area contributed by atoms with Crippen molar-refractivity contribution in [2.24, 2.45) is 16.9 Å². The zero-order valence-corrected chi connectivity index (χ0v) is 10.6. The minimum atomic E-state index is -0.559. The van der Waals surface area contributed by atoms with Crippen molar-refractivity contribution in [3.63, 3.8) is 0 Å². The summed E-state index contributed by atoms with van der Waals surface area (Å²) >= 11 is 0. The molecular weight excluding hydrogens is 234 g/mol. The molecular formula is C12H21N3O3. The molecule has 1 unspecified atom stereocenters. The molecule has 102 valence electrons. The fourth-order valence-electron chi connectivity index (χ4n) is 2.88. The normalized spacial score (nSPS) is 27.2. The van der Waals surface area contributed by atoms with Gasteiger partial charge in [0.15, 0.2) is 0 Å². The number of rotatable bonds is 3. The first-order valence-corrected chi connectivity index (χ1v) is 6.49. The lowest BCUT2D eigenvalue weighted by Crippen LogP contribution is -2.54. The molecule has 0 aromatic rings. The van der Waals surface area contributed by atoms with Crippen molar-refractivity contribution in [1.29, 1.82) is 0 Å². The van der Waals surface area contributed by atoms with E-state index in [1.54, 1.807) is 4.90 Å². The smallest absolute Gasteiger partial charge is 0.240 e. The van der Waals surface area contributed by atoms with Crippen LogP contribution in [0.1, 0.15) is 25.7 Å². The molecule has 6 heteroatoms. The molecule has 2 amide bonds. The van der Waals surface area contributed by atoms with Gasteiger partial charge in [-0.15, -0.1) is 0 Å². The highest BCUT2D eigenvalue weighted by molar-refractivity contribution is 5.90. The van der Waals surface area contributed by atoms with Crippen LogP contribution in [-0.4, -0.2) is 49.1 Å². The third-order valence-corrected chi connectivity index (χ3v) is 4.14. The molecule has 0 saturated carbocycles. The number of amides is 2. The Hall–Kier alpha value is -1.14. The number of primary amides is 1. The first-order chi connectivity index (χ1) is 8.60. The average Bonchev–Trinajstić information content (AvgIpc) is 2.88. The summed E-state index contributed by atoms with van der Waals surface area (Å²) < 4.78 is 5.30. The van der Waals surface area contributed by atoms with Crippen molar-refractivity contribution in [2.75, 3.05) is 26.3 Å². The average molecular weight is 255 g/mol. The second-order valence-corrected chi connectivity index (χ2v) is 5.16. The van der Waals surface area contributed by atoms with Crippen LogP contribution >= 0.6 is 0 Å². The molecule has 2 rings (SSSR count). The van der Waals surface area contributed by atoms with E-state index in [1.165, 1.54) is 0 Å². The number of hydrogen-bond donors (Lipinski definition) is 2. The van der Waals surface area contributed by atoms with E-state index in [4.69, 9.17) is 16.2 Å². The molecule has 1 atom stereocenters. The lowest BCUT2D eigenvalue weighted by molar-refractivity contribution is -0.150. The Morgan fingerprint density at radius 1 is 1.33 bits per heavy atom. The molecule has 0 bridgehead atoms. The topological polar surface area (TPSA) is 98.7 Å². The van der Waals surface area contributed by atoms with Gasteiger partial charge in [-0.2, -0.15) is 0 Å². The van der Waals surface area contributed by atoms with Crippen LogP contribution in [0.5, 0.6) is 0 Å². The number of ether oxygens (including phenoxy) is 1. The first-order valence-electron chi connectivity index (χ1n) is 6.49. The van der Waals surface area contributed by atoms with Crippen LogP contribution < -0.4 is 11.5 Å². The molecule has 2 heterocycles. The summed E-state index contributed by atoms with van der Waals surface area (Å²) in [5.41, 5.74) is 10.6. The van der Waals surface area contributed by atoms with Crippen LogP contribution in [0.4, 0.5) is 0 Å². The fraction of sp³-hybridized carbons (Fsp3) is 0.833. The monoisotopic (exact) mass is 255 g/mol. The van der Waals surface area contributed by atoms with Crippen LogP contribution in [0.15, 0.2) is 0 Å². The second kappa shape index (κ2) is 5.24. The standard InChI is InChI=1S/C12H21N3O3/c13-8-12(3-6-18-7-4-12)11(17)15-5-1-2-9(15)10(14)16/h9H,1-8,13H2,(H2,14,16). The molecule has 2 aliphatic rings. The van der Waals surface area contributed by atoms with E-state index < -0.39 is 17.4 Å². The van der Waals surface area contributed by atoms with Gasteiger partial charge in [0.05, 0.1) is 5.41 Å². The third-order valence-electron chi connectivity index (χ3n) is 4.14. The molecule has 0 aromatic heterocycles. The molecule has 6 nitrogen and oxygen atoms in total. The Balaban J connectivity index is 2.15. The van der Waals surface area contributed by atoms with Crippen LogP contribution in [0, 0.1) is 5.41 Å². The van der Waals surface area contributed by atoms with Crippen molar-refractivity contribution >= 4 is 11.8 Å². The Labute approximate surface area is 107 Å². The number of nitrogens with zero attached hydrogens (tertiary/aromatic N) is 1. The van der Waals surface area contributed by atoms with E-state index in [0.29, 0.717) is 45.6 Å². The van der Waals surface area contributed by atoms with Gasteiger partial charge in [-0.1, -0.05) is 0 Å². The molecule has 2 fully saturated rings. The predicted molar refractivity (Wildman–Crippen MR) is 65.5 cm³/mol. The lowest BCUT2D eigenvalue weighted by atomic mass is 9.78. The minimum absolute atomic E-state index is 0.0189. The van der Waals surface area contributed by atoms with Gasteiger partial charge in [0.1, 0.15) is 6.04 Å². The Morgan fingerprint density at radius 3 is 2.56 bits per heavy atom. The Bertz CT molecular complexity index is 339. The first kappa shape index (κ1) is 13.3. The highest BCUT2D eigenvalue weighted by Crippen LogP contribution is 2.34. The maximum atomic E-state index is 12.7. The summed E-state index contributed by atoms with van der Waals surface area (Å²) in [6, 6.07) is -0.455. The van der Waals surface area contributed by atoms with E-state index >= 15 is 0 Å². The molecule has 4 N–H and O–H groups in total. The highest BCUT2D eigenvalue weighted by Gasteiger charge is 2.45. The van der Waals surface area contributed by atoms with Gasteiger partial charge in [0.25, 0.3) is 0 Å². The number of nitrogens with two attached hydrogens (primary N) is 2. The summed E-state index contributed by atoms with van der Waals surface area (Å²) in [5, 5.41) is 0. The van der Waals surface area contributed by atoms with Gasteiger partial charge < -0.3 is 21.1 Å². The summed E-state index contributed by atoms with van der Waals surface area (Å²) in [4.78, 5) is 25.6. The summed E-state index contributed by atoms with van der Waals surface area (Å²) in [7, 11) is 0. The highest BCUT2D eigenvalue weighted by atomic mass is 16.5. The van der Waals surface area contributed by atoms with Gasteiger partial charge in [0.2, 0.25) is 11.8 Å². The number of carbonyl (C=O) groups excluding carboxylic acids is 2. The van der Waals surface area contributed by atoms with E-state index in [9.17, 15) is 9.59 Å². The molecule has 0 spiro atoms. The molecule has 2 aliphatic heterocycles. The van der Waals surface area contributed by atoms with Crippen molar-refractivity contribution in [3.8, 4) is 0 Å². The lowest BCUT2D eigenvalue weighted by Gasteiger charge is -2.39. The van der Waals surface area contributed by atoms with Gasteiger partial charge in [-0.05, 0) is 25.7 Å². The number of carbonyl (C=O) groups is 2. The van der Waals surface area contributed by atoms with Crippen LogP contribution in [0.2, 0.25) is 0 Å². The Kier molecular flexibility index (Phi) is 3.87. The van der Waals surface area contributed by atoms with Gasteiger partial charge in [-0.25, -0.2) is 0 Å². The maximum Gasteiger partial charge on any atom is 0.240 e. The zero-order valence-electron chi connectivity index (χ0n) is 10.6. The fourth-order valence-corrected chi connectivity index (χ4v) is 2.88. The quantitative estimate of drug-likeness (QED) is 0.691. The van der Waals surface area contributed by atoms with Crippen LogP contribution in [0.25, 0.3) is 0 Å². The van der Waals surface area contributed by atoms with Gasteiger partial charge in [-0.3, -0.25) is 9.59 Å². The van der Waals surface area contributed by atoms with Crippen LogP contribution in [0.3, 0.4) is 0 Å². The predicted octanol–water partition coefficient (Wildman–Crippen LogP) is -0.782. The zero-order chi connectivity index (χ0) is 13.2. The largest absolute Gasteiger partial charge is 0.381 e. The van der Waals surface area contributed by atoms with Gasteiger partial charge in [0, 0.05) is 26.3 Å². The molecule has 0 radical (unpaired) electrons. The molecule has 18 heavy (non-hydrogen) atoms. The van der Waals surface area contributed by atoms with Crippen molar-refractivity contribution < 1.29 is 14.3 Å². The summed E-state index contributed by atoms with van der Waals surface area (Å²) in [5.74, 6) is -0.435. The number of likely N-dealkylation sites (tertiary alicyclic amines) is 1. The van der Waals surface area contributed by atoms with Crippen molar-refractivity contribution in [2.45, 2.75) is 31.7 Å². The molecule has 0 aromatic carbocycles. The van der Waals surface area contributed by atoms with Crippen molar-refractivity contribution in [3.05, 3.63) is 0 Å². The summed E-state index contributed by atoms with van der Waals surface area (Å²) in [6.07, 6.45) is 2.75. The van der Waals surface area contributed by atoms with E-state index in [1.807, 2.05) is 0 Å². The van der Waals surface area contributed by atoms with Crippen LogP contribution in [-0.2, 0) is 14.3 Å². The SMILES string of the molecule is NCC1(C(=O)N2CCCC2C(N)=O)CCOCC1. The maximum absolute atomic E-state index is 12.7. The molecule has 0 aliphatic carbocycles. The second-order valence-electron chi connectivity index (χ2n) is 5.16. The minimum Gasteiger partial charge on any atom is -0.381 e. The van der Waals surface area contributed by atoms with Gasteiger partial charge >= 0.3 is 0 Å². The third kappa shape index (κ3) is 2.22. The molecule has 2 saturated heterocycles. The Morgan fingerprint density at radius 2 is 2.00 bits per heavy atom. The van der Waals surface area contributed by atoms with Crippen molar-refractivity contribution in [1.82, 2.24) is 4.90 Å². The van der Waals surface area contributed by atoms with E-state index in [-0.39, 0.29) is 5.91 Å². The summed E-state index contributed by atoms with van der Waals surface area (Å²) in [6.45, 7) is 2.02.